The quantitative estimate of drug-likeness (QED) is 0.575. The number of hydrogen-bond donors (Lipinski definition) is 0. The summed E-state index contributed by atoms with van der Waals surface area (Å²) in [6.45, 7) is 14.3. The highest BCUT2D eigenvalue weighted by Crippen LogP contribution is 2.14. The predicted molar refractivity (Wildman–Crippen MR) is 109 cm³/mol. The van der Waals surface area contributed by atoms with E-state index >= 15 is 0 Å². The van der Waals surface area contributed by atoms with Gasteiger partial charge in [0.25, 0.3) is 0 Å². The van der Waals surface area contributed by atoms with Crippen LogP contribution in [0.25, 0.3) is 11.0 Å². The van der Waals surface area contributed by atoms with Gasteiger partial charge in [0, 0.05) is 18.6 Å². The van der Waals surface area contributed by atoms with Gasteiger partial charge in [-0.2, -0.15) is 0 Å². The minimum absolute atomic E-state index is 0.566. The number of aromatic nitrogens is 2. The van der Waals surface area contributed by atoms with Crippen molar-refractivity contribution in [3.63, 3.8) is 0 Å². The lowest BCUT2D eigenvalue weighted by atomic mass is 10.1. The first-order valence-corrected chi connectivity index (χ1v) is 9.75. The zero-order valence-corrected chi connectivity index (χ0v) is 16.8. The normalized spacial score (nSPS) is 12.0. The number of rotatable bonds is 7. The standard InChI is InChI=1S/C23H32N3/c1-18(2)26(19(3)4)15-14-24-17-25(23-13-9-8-12-22(23)24)16-21-11-7-6-10-20(21)5/h6-13,17-19H,14-16H2,1-5H3/q+1. The fraction of sp³-hybridized carbons (Fsp3) is 0.435. The van der Waals surface area contributed by atoms with Gasteiger partial charge in [0.05, 0.1) is 0 Å². The third-order valence-electron chi connectivity index (χ3n) is 5.31. The topological polar surface area (TPSA) is 12.0 Å². The van der Waals surface area contributed by atoms with Gasteiger partial charge >= 0.3 is 0 Å². The molecule has 1 heterocycles. The molecule has 3 nitrogen and oxygen atoms in total. The Morgan fingerprint density at radius 1 is 0.923 bits per heavy atom. The van der Waals surface area contributed by atoms with Crippen LogP contribution in [0.3, 0.4) is 0 Å². The van der Waals surface area contributed by atoms with Crippen LogP contribution >= 0.6 is 0 Å². The van der Waals surface area contributed by atoms with Crippen LogP contribution < -0.4 is 4.57 Å². The van der Waals surface area contributed by atoms with E-state index in [-0.39, 0.29) is 0 Å². The van der Waals surface area contributed by atoms with Crippen molar-refractivity contribution in [2.24, 2.45) is 0 Å². The fourth-order valence-electron chi connectivity index (χ4n) is 3.85. The van der Waals surface area contributed by atoms with E-state index in [4.69, 9.17) is 0 Å². The van der Waals surface area contributed by atoms with Gasteiger partial charge in [-0.1, -0.05) is 36.4 Å². The Hall–Kier alpha value is -2.13. The van der Waals surface area contributed by atoms with Crippen molar-refractivity contribution in [1.29, 1.82) is 0 Å². The van der Waals surface area contributed by atoms with Gasteiger partial charge in [0.15, 0.2) is 11.0 Å². The highest BCUT2D eigenvalue weighted by molar-refractivity contribution is 5.71. The van der Waals surface area contributed by atoms with Gasteiger partial charge in [0.2, 0.25) is 6.33 Å². The summed E-state index contributed by atoms with van der Waals surface area (Å²) in [5.74, 6) is 0. The van der Waals surface area contributed by atoms with Crippen molar-refractivity contribution in [2.75, 3.05) is 6.54 Å². The summed E-state index contributed by atoms with van der Waals surface area (Å²) in [4.78, 5) is 2.56. The molecule has 0 atom stereocenters. The summed E-state index contributed by atoms with van der Waals surface area (Å²) < 4.78 is 4.79. The molecule has 0 aliphatic heterocycles. The van der Waals surface area contributed by atoms with Crippen LogP contribution in [0.5, 0.6) is 0 Å². The molecule has 3 heteroatoms. The van der Waals surface area contributed by atoms with Crippen molar-refractivity contribution < 1.29 is 4.57 Å². The molecule has 0 amide bonds. The molecule has 0 aliphatic carbocycles. The van der Waals surface area contributed by atoms with E-state index in [0.717, 1.165) is 19.6 Å². The lowest BCUT2D eigenvalue weighted by molar-refractivity contribution is -0.663. The number of fused-ring (bicyclic) bond motifs is 1. The summed E-state index contributed by atoms with van der Waals surface area (Å²) in [6.07, 6.45) is 2.29. The smallest absolute Gasteiger partial charge is 0.245 e. The third kappa shape index (κ3) is 3.99. The molecule has 1 aromatic heterocycles. The Balaban J connectivity index is 1.89. The fourth-order valence-corrected chi connectivity index (χ4v) is 3.85. The second-order valence-corrected chi connectivity index (χ2v) is 7.78. The Morgan fingerprint density at radius 2 is 1.58 bits per heavy atom. The third-order valence-corrected chi connectivity index (χ3v) is 5.31. The van der Waals surface area contributed by atoms with E-state index in [1.54, 1.807) is 0 Å². The number of benzene rings is 2. The molecule has 0 bridgehead atoms. The molecule has 0 saturated heterocycles. The second-order valence-electron chi connectivity index (χ2n) is 7.78. The van der Waals surface area contributed by atoms with E-state index in [0.29, 0.717) is 12.1 Å². The van der Waals surface area contributed by atoms with Crippen LogP contribution in [-0.2, 0) is 13.1 Å². The lowest BCUT2D eigenvalue weighted by Gasteiger charge is -2.29. The summed E-state index contributed by atoms with van der Waals surface area (Å²) in [5.41, 5.74) is 5.35. The predicted octanol–water partition coefficient (Wildman–Crippen LogP) is 4.40. The van der Waals surface area contributed by atoms with E-state index in [2.05, 4.69) is 104 Å². The first-order valence-electron chi connectivity index (χ1n) is 9.75. The average molecular weight is 351 g/mol. The molecule has 0 saturated carbocycles. The summed E-state index contributed by atoms with van der Waals surface area (Å²) >= 11 is 0. The van der Waals surface area contributed by atoms with Gasteiger partial charge in [-0.25, -0.2) is 9.13 Å². The Bertz CT molecular complexity index is 853. The molecule has 3 aromatic rings. The monoisotopic (exact) mass is 350 g/mol. The molecule has 3 rings (SSSR count). The van der Waals surface area contributed by atoms with Crippen molar-refractivity contribution in [3.05, 3.63) is 66.0 Å². The molecule has 2 aromatic carbocycles. The number of nitrogens with zero attached hydrogens (tertiary/aromatic N) is 3. The van der Waals surface area contributed by atoms with Crippen molar-refractivity contribution in [1.82, 2.24) is 9.47 Å². The lowest BCUT2D eigenvalue weighted by Crippen LogP contribution is -2.39. The van der Waals surface area contributed by atoms with Crippen molar-refractivity contribution >= 4 is 11.0 Å². The van der Waals surface area contributed by atoms with Gasteiger partial charge in [0.1, 0.15) is 13.1 Å². The van der Waals surface area contributed by atoms with Crippen LogP contribution in [0.4, 0.5) is 0 Å². The van der Waals surface area contributed by atoms with Crippen LogP contribution in [0.1, 0.15) is 38.8 Å². The van der Waals surface area contributed by atoms with E-state index < -0.39 is 0 Å². The molecule has 0 radical (unpaired) electrons. The zero-order chi connectivity index (χ0) is 18.7. The highest BCUT2D eigenvalue weighted by Gasteiger charge is 2.19. The maximum Gasteiger partial charge on any atom is 0.245 e. The maximum atomic E-state index is 2.56. The van der Waals surface area contributed by atoms with Crippen molar-refractivity contribution in [3.8, 4) is 0 Å². The van der Waals surface area contributed by atoms with E-state index in [9.17, 15) is 0 Å². The molecule has 0 fully saturated rings. The molecule has 0 aliphatic rings. The average Bonchev–Trinajstić information content (AvgIpc) is 2.95. The second kappa shape index (κ2) is 8.05. The van der Waals surface area contributed by atoms with Gasteiger partial charge in [-0.3, -0.25) is 4.90 Å². The first kappa shape index (κ1) is 18.7. The molecule has 138 valence electrons. The molecule has 0 N–H and O–H groups in total. The van der Waals surface area contributed by atoms with Gasteiger partial charge in [-0.15, -0.1) is 0 Å². The largest absolute Gasteiger partial charge is 0.295 e. The number of para-hydroxylation sites is 2. The minimum atomic E-state index is 0.566. The van der Waals surface area contributed by atoms with Crippen LogP contribution in [0.15, 0.2) is 54.9 Å². The molecular formula is C23H32N3+. The van der Waals surface area contributed by atoms with E-state index in [1.807, 2.05) is 0 Å². The summed E-state index contributed by atoms with van der Waals surface area (Å²) in [6, 6.07) is 18.5. The molecular weight excluding hydrogens is 318 g/mol. The van der Waals surface area contributed by atoms with E-state index in [1.165, 1.54) is 22.2 Å². The SMILES string of the molecule is Cc1ccccc1C[n+]1cn(CCN(C(C)C)C(C)C)c2ccccc21. The minimum Gasteiger partial charge on any atom is -0.295 e. The van der Waals surface area contributed by atoms with Crippen LogP contribution in [0, 0.1) is 6.92 Å². The summed E-state index contributed by atoms with van der Waals surface area (Å²) in [7, 11) is 0. The maximum absolute atomic E-state index is 2.56. The number of imidazole rings is 1. The highest BCUT2D eigenvalue weighted by atomic mass is 15.2. The Morgan fingerprint density at radius 3 is 2.27 bits per heavy atom. The van der Waals surface area contributed by atoms with Crippen molar-refractivity contribution in [2.45, 2.75) is 59.8 Å². The Labute approximate surface area is 157 Å². The van der Waals surface area contributed by atoms with Gasteiger partial charge in [-0.05, 0) is 57.9 Å². The Kier molecular flexibility index (Phi) is 5.77. The first-order chi connectivity index (χ1) is 12.5. The number of hydrogen-bond acceptors (Lipinski definition) is 1. The number of aryl methyl sites for hydroxylation is 1. The summed E-state index contributed by atoms with van der Waals surface area (Å²) in [5, 5.41) is 0. The van der Waals surface area contributed by atoms with Crippen LogP contribution in [0.2, 0.25) is 0 Å². The van der Waals surface area contributed by atoms with Crippen LogP contribution in [-0.4, -0.2) is 28.1 Å². The molecule has 0 spiro atoms. The molecule has 26 heavy (non-hydrogen) atoms. The van der Waals surface area contributed by atoms with Gasteiger partial charge < -0.3 is 0 Å². The molecule has 0 unspecified atom stereocenters. The zero-order valence-electron chi connectivity index (χ0n) is 16.8.